The standard InChI is InChI=1S/C21H24N2O4/c1-3-27-21(26)17-11-13-18(14-12-17)23-20(25)19(24)22-15(2)9-10-16-7-5-4-6-8-16/h4-8,11-15H,3,9-10H2,1-2H3,(H,22,24)(H,23,25). The first-order valence-electron chi connectivity index (χ1n) is 8.92. The zero-order valence-corrected chi connectivity index (χ0v) is 15.5. The Kier molecular flexibility index (Phi) is 7.55. The van der Waals surface area contributed by atoms with Crippen LogP contribution in [-0.4, -0.2) is 30.4 Å². The van der Waals surface area contributed by atoms with Gasteiger partial charge in [-0.15, -0.1) is 0 Å². The van der Waals surface area contributed by atoms with Crippen molar-refractivity contribution in [1.29, 1.82) is 0 Å². The van der Waals surface area contributed by atoms with Gasteiger partial charge in [0.15, 0.2) is 0 Å². The number of nitrogens with one attached hydrogen (secondary N) is 2. The van der Waals surface area contributed by atoms with Crippen LogP contribution in [0.25, 0.3) is 0 Å². The number of hydrogen-bond donors (Lipinski definition) is 2. The molecule has 1 atom stereocenters. The summed E-state index contributed by atoms with van der Waals surface area (Å²) in [7, 11) is 0. The van der Waals surface area contributed by atoms with Gasteiger partial charge >= 0.3 is 17.8 Å². The molecule has 0 saturated carbocycles. The van der Waals surface area contributed by atoms with E-state index < -0.39 is 17.8 Å². The van der Waals surface area contributed by atoms with Gasteiger partial charge in [0.2, 0.25) is 0 Å². The van der Waals surface area contributed by atoms with Crippen LogP contribution in [0.1, 0.15) is 36.2 Å². The minimum atomic E-state index is -0.745. The second-order valence-electron chi connectivity index (χ2n) is 6.15. The summed E-state index contributed by atoms with van der Waals surface area (Å²) >= 11 is 0. The van der Waals surface area contributed by atoms with Crippen molar-refractivity contribution < 1.29 is 19.1 Å². The van der Waals surface area contributed by atoms with Crippen LogP contribution < -0.4 is 10.6 Å². The second-order valence-corrected chi connectivity index (χ2v) is 6.15. The van der Waals surface area contributed by atoms with E-state index in [1.807, 2.05) is 37.3 Å². The summed E-state index contributed by atoms with van der Waals surface area (Å²) in [6.45, 7) is 3.88. The van der Waals surface area contributed by atoms with E-state index in [1.165, 1.54) is 17.7 Å². The fraction of sp³-hybridized carbons (Fsp3) is 0.286. The van der Waals surface area contributed by atoms with Gasteiger partial charge in [-0.25, -0.2) is 4.79 Å². The zero-order chi connectivity index (χ0) is 19.6. The fourth-order valence-corrected chi connectivity index (χ4v) is 2.48. The Morgan fingerprint density at radius 2 is 1.63 bits per heavy atom. The molecular formula is C21H24N2O4. The highest BCUT2D eigenvalue weighted by molar-refractivity contribution is 6.39. The van der Waals surface area contributed by atoms with Crippen molar-refractivity contribution in [3.8, 4) is 0 Å². The molecule has 0 aliphatic heterocycles. The van der Waals surface area contributed by atoms with E-state index in [4.69, 9.17) is 4.74 Å². The van der Waals surface area contributed by atoms with Crippen LogP contribution in [0.5, 0.6) is 0 Å². The van der Waals surface area contributed by atoms with E-state index >= 15 is 0 Å². The summed E-state index contributed by atoms with van der Waals surface area (Å²) in [5, 5.41) is 5.21. The first kappa shape index (κ1) is 20.2. The van der Waals surface area contributed by atoms with Crippen molar-refractivity contribution >= 4 is 23.5 Å². The normalized spacial score (nSPS) is 11.3. The number of benzene rings is 2. The maximum Gasteiger partial charge on any atom is 0.338 e. The number of carbonyl (C=O) groups excluding carboxylic acids is 3. The lowest BCUT2D eigenvalue weighted by Crippen LogP contribution is -2.40. The van der Waals surface area contributed by atoms with Gasteiger partial charge in [-0.2, -0.15) is 0 Å². The van der Waals surface area contributed by atoms with E-state index in [1.54, 1.807) is 19.1 Å². The van der Waals surface area contributed by atoms with Crippen molar-refractivity contribution in [1.82, 2.24) is 5.32 Å². The van der Waals surface area contributed by atoms with Gasteiger partial charge in [-0.05, 0) is 56.5 Å². The van der Waals surface area contributed by atoms with E-state index in [-0.39, 0.29) is 6.04 Å². The molecule has 0 spiro atoms. The van der Waals surface area contributed by atoms with Crippen molar-refractivity contribution in [2.75, 3.05) is 11.9 Å². The number of amides is 2. The second kappa shape index (κ2) is 10.1. The van der Waals surface area contributed by atoms with Gasteiger partial charge in [0, 0.05) is 11.7 Å². The summed E-state index contributed by atoms with van der Waals surface area (Å²) in [6, 6.07) is 16.0. The number of ether oxygens (including phenoxy) is 1. The monoisotopic (exact) mass is 368 g/mol. The SMILES string of the molecule is CCOC(=O)c1ccc(NC(=O)C(=O)NC(C)CCc2ccccc2)cc1. The molecule has 2 aromatic rings. The third-order valence-corrected chi connectivity index (χ3v) is 3.95. The molecule has 2 rings (SSSR count). The van der Waals surface area contributed by atoms with Crippen molar-refractivity contribution in [2.45, 2.75) is 32.7 Å². The van der Waals surface area contributed by atoms with Crippen molar-refractivity contribution in [2.24, 2.45) is 0 Å². The van der Waals surface area contributed by atoms with Gasteiger partial charge in [0.05, 0.1) is 12.2 Å². The van der Waals surface area contributed by atoms with Gasteiger partial charge in [-0.1, -0.05) is 30.3 Å². The lowest BCUT2D eigenvalue weighted by Gasteiger charge is -2.14. The first-order chi connectivity index (χ1) is 13.0. The van der Waals surface area contributed by atoms with Gasteiger partial charge in [0.1, 0.15) is 0 Å². The summed E-state index contributed by atoms with van der Waals surface area (Å²) < 4.78 is 4.90. The molecule has 0 bridgehead atoms. The minimum Gasteiger partial charge on any atom is -0.462 e. The summed E-state index contributed by atoms with van der Waals surface area (Å²) in [4.78, 5) is 35.7. The molecule has 142 valence electrons. The number of hydrogen-bond acceptors (Lipinski definition) is 4. The molecule has 2 amide bonds. The highest BCUT2D eigenvalue weighted by atomic mass is 16.5. The number of aryl methyl sites for hydroxylation is 1. The summed E-state index contributed by atoms with van der Waals surface area (Å²) in [5.41, 5.74) is 2.00. The predicted octanol–water partition coefficient (Wildman–Crippen LogP) is 2.94. The van der Waals surface area contributed by atoms with Crippen LogP contribution in [0.3, 0.4) is 0 Å². The number of rotatable bonds is 7. The summed E-state index contributed by atoms with van der Waals surface area (Å²) in [6.07, 6.45) is 1.55. The van der Waals surface area contributed by atoms with Crippen LogP contribution >= 0.6 is 0 Å². The third-order valence-electron chi connectivity index (χ3n) is 3.95. The lowest BCUT2D eigenvalue weighted by atomic mass is 10.1. The molecule has 1 unspecified atom stereocenters. The molecule has 27 heavy (non-hydrogen) atoms. The number of anilines is 1. The van der Waals surface area contributed by atoms with Crippen LogP contribution in [-0.2, 0) is 20.7 Å². The molecule has 0 heterocycles. The van der Waals surface area contributed by atoms with Gasteiger partial charge in [-0.3, -0.25) is 9.59 Å². The molecule has 0 radical (unpaired) electrons. The van der Waals surface area contributed by atoms with Crippen LogP contribution in [0.15, 0.2) is 54.6 Å². The Bertz CT molecular complexity index is 773. The molecule has 6 nitrogen and oxygen atoms in total. The smallest absolute Gasteiger partial charge is 0.338 e. The lowest BCUT2D eigenvalue weighted by molar-refractivity contribution is -0.136. The average molecular weight is 368 g/mol. The maximum atomic E-state index is 12.0. The molecule has 2 N–H and O–H groups in total. The number of carbonyl (C=O) groups is 3. The molecule has 0 saturated heterocycles. The Labute approximate surface area is 158 Å². The zero-order valence-electron chi connectivity index (χ0n) is 15.5. The van der Waals surface area contributed by atoms with Crippen LogP contribution in [0.2, 0.25) is 0 Å². The number of esters is 1. The Balaban J connectivity index is 1.80. The Hall–Kier alpha value is -3.15. The largest absolute Gasteiger partial charge is 0.462 e. The Morgan fingerprint density at radius 1 is 0.963 bits per heavy atom. The highest BCUT2D eigenvalue weighted by Crippen LogP contribution is 2.11. The maximum absolute atomic E-state index is 12.0. The molecule has 0 fully saturated rings. The fourth-order valence-electron chi connectivity index (χ4n) is 2.48. The van der Waals surface area contributed by atoms with E-state index in [0.29, 0.717) is 17.9 Å². The third kappa shape index (κ3) is 6.58. The van der Waals surface area contributed by atoms with Gasteiger partial charge in [0.25, 0.3) is 0 Å². The van der Waals surface area contributed by atoms with Crippen molar-refractivity contribution in [3.63, 3.8) is 0 Å². The van der Waals surface area contributed by atoms with Crippen molar-refractivity contribution in [3.05, 3.63) is 65.7 Å². The predicted molar refractivity (Wildman–Crippen MR) is 103 cm³/mol. The molecule has 0 aromatic heterocycles. The average Bonchev–Trinajstić information content (AvgIpc) is 2.68. The van der Waals surface area contributed by atoms with E-state index in [0.717, 1.165) is 12.8 Å². The van der Waals surface area contributed by atoms with Crippen LogP contribution in [0, 0.1) is 0 Å². The minimum absolute atomic E-state index is 0.130. The molecule has 0 aliphatic rings. The van der Waals surface area contributed by atoms with E-state index in [9.17, 15) is 14.4 Å². The van der Waals surface area contributed by atoms with Crippen LogP contribution in [0.4, 0.5) is 5.69 Å². The first-order valence-corrected chi connectivity index (χ1v) is 8.92. The van der Waals surface area contributed by atoms with Gasteiger partial charge < -0.3 is 15.4 Å². The quantitative estimate of drug-likeness (QED) is 0.581. The molecule has 2 aromatic carbocycles. The Morgan fingerprint density at radius 3 is 2.26 bits per heavy atom. The molecule has 0 aliphatic carbocycles. The molecular weight excluding hydrogens is 344 g/mol. The highest BCUT2D eigenvalue weighted by Gasteiger charge is 2.16. The topological polar surface area (TPSA) is 84.5 Å². The molecule has 6 heteroatoms. The van der Waals surface area contributed by atoms with E-state index in [2.05, 4.69) is 10.6 Å². The summed E-state index contributed by atoms with van der Waals surface area (Å²) in [5.74, 6) is -1.86.